The lowest BCUT2D eigenvalue weighted by molar-refractivity contribution is -0.121. The predicted molar refractivity (Wildman–Crippen MR) is 84.0 cm³/mol. The lowest BCUT2D eigenvalue weighted by atomic mass is 10.0. The molecule has 1 saturated heterocycles. The van der Waals surface area contributed by atoms with Crippen LogP contribution < -0.4 is 4.90 Å². The van der Waals surface area contributed by atoms with E-state index in [2.05, 4.69) is 0 Å². The van der Waals surface area contributed by atoms with Crippen LogP contribution in [0.25, 0.3) is 0 Å². The average molecular weight is 331 g/mol. The van der Waals surface area contributed by atoms with E-state index in [4.69, 9.17) is 17.3 Å². The van der Waals surface area contributed by atoms with Gasteiger partial charge in [-0.1, -0.05) is 42.2 Å². The Hall–Kier alpha value is -0.740. The van der Waals surface area contributed by atoms with E-state index < -0.39 is 29.9 Å². The van der Waals surface area contributed by atoms with Crippen molar-refractivity contribution in [1.29, 1.82) is 0 Å². The maximum atomic E-state index is 10.5. The van der Waals surface area contributed by atoms with Gasteiger partial charge < -0.3 is 30.4 Å². The molecular weight excluding hydrogens is 314 g/mol. The monoisotopic (exact) mass is 331 g/mol. The van der Waals surface area contributed by atoms with Gasteiger partial charge in [-0.05, 0) is 12.1 Å². The number of rotatable bonds is 5. The molecule has 21 heavy (non-hydrogen) atoms. The lowest BCUT2D eigenvalue weighted by Gasteiger charge is -2.32. The van der Waals surface area contributed by atoms with E-state index in [1.807, 2.05) is 30.3 Å². The highest BCUT2D eigenvalue weighted by Crippen LogP contribution is 2.40. The smallest absolute Gasteiger partial charge is 0.163 e. The fourth-order valence-corrected chi connectivity index (χ4v) is 3.71. The average Bonchev–Trinajstić information content (AvgIpc) is 2.82. The first-order valence-electron chi connectivity index (χ1n) is 6.32. The van der Waals surface area contributed by atoms with Crippen LogP contribution in [0.5, 0.6) is 0 Å². The van der Waals surface area contributed by atoms with Gasteiger partial charge in [-0.25, -0.2) is 0 Å². The minimum absolute atomic E-state index is 0.0309. The van der Waals surface area contributed by atoms with Gasteiger partial charge in [0.15, 0.2) is 4.93 Å². The Labute approximate surface area is 131 Å². The Morgan fingerprint density at radius 2 is 1.86 bits per heavy atom. The third kappa shape index (κ3) is 3.37. The van der Waals surface area contributed by atoms with Crippen LogP contribution in [0.2, 0.25) is 0 Å². The lowest BCUT2D eigenvalue weighted by Crippen LogP contribution is -2.53. The summed E-state index contributed by atoms with van der Waals surface area (Å²) in [7, 11) is 0. The highest BCUT2D eigenvalue weighted by Gasteiger charge is 2.50. The number of β-amino-alcohol motifs (C(OH)–C–C–N with tert-alkyl or cyclic N) is 1. The van der Waals surface area contributed by atoms with Gasteiger partial charge in [0.2, 0.25) is 0 Å². The molecule has 0 aromatic heterocycles. The summed E-state index contributed by atoms with van der Waals surface area (Å²) in [6.45, 7) is -0.747. The number of hydrogen-bond donors (Lipinski definition) is 5. The number of aliphatic hydroxyl groups excluding tert-OH is 4. The number of nitrogens with zero attached hydrogens (tertiary/aromatic N) is 1. The quantitative estimate of drug-likeness (QED) is 0.451. The van der Waals surface area contributed by atoms with Crippen LogP contribution in [0.3, 0.4) is 0 Å². The Balaban J connectivity index is 2.17. The molecule has 0 radical (unpaired) electrons. The summed E-state index contributed by atoms with van der Waals surface area (Å²) in [5.74, 6) is 0. The molecule has 4 unspecified atom stereocenters. The molecule has 6 nitrogen and oxygen atoms in total. The molecule has 0 amide bonds. The van der Waals surface area contributed by atoms with Crippen molar-refractivity contribution in [2.45, 2.75) is 23.2 Å². The van der Waals surface area contributed by atoms with Gasteiger partial charge >= 0.3 is 0 Å². The molecule has 4 atom stereocenters. The normalized spacial score (nSPS) is 26.7. The number of anilines is 1. The zero-order valence-corrected chi connectivity index (χ0v) is 12.7. The Morgan fingerprint density at radius 3 is 2.43 bits per heavy atom. The summed E-state index contributed by atoms with van der Waals surface area (Å²) >= 11 is 6.04. The summed E-state index contributed by atoms with van der Waals surface area (Å²) in [6, 6.07) is 9.10. The second-order valence-electron chi connectivity index (χ2n) is 4.82. The molecule has 0 bridgehead atoms. The molecule has 0 aliphatic carbocycles. The number of thioether (sulfide) groups is 1. The van der Waals surface area contributed by atoms with Crippen LogP contribution in [0.1, 0.15) is 0 Å². The standard InChI is InChI=1S/C13H17NO5S2/c15-6-9(16)10(17)11(18)13(19)7-14(12(20)21-13)8-4-2-1-3-5-8/h1-5,9-11,15-19H,6-7H2. The fraction of sp³-hybridized carbons (Fsp3) is 0.462. The molecule has 116 valence electrons. The van der Waals surface area contributed by atoms with Crippen LogP contribution >= 0.6 is 24.0 Å². The summed E-state index contributed by atoms with van der Waals surface area (Å²) in [4.78, 5) is -0.121. The molecule has 0 spiro atoms. The minimum atomic E-state index is -1.76. The van der Waals surface area contributed by atoms with Gasteiger partial charge in [-0.15, -0.1) is 0 Å². The van der Waals surface area contributed by atoms with Crippen molar-refractivity contribution in [1.82, 2.24) is 0 Å². The van der Waals surface area contributed by atoms with Gasteiger partial charge in [0.25, 0.3) is 0 Å². The van der Waals surface area contributed by atoms with E-state index >= 15 is 0 Å². The summed E-state index contributed by atoms with van der Waals surface area (Å²) in [6.07, 6.45) is -4.87. The predicted octanol–water partition coefficient (Wildman–Crippen LogP) is -0.712. The van der Waals surface area contributed by atoms with Crippen LogP contribution in [0, 0.1) is 0 Å². The van der Waals surface area contributed by atoms with Crippen molar-refractivity contribution in [2.75, 3.05) is 18.1 Å². The largest absolute Gasteiger partial charge is 0.394 e. The van der Waals surface area contributed by atoms with Gasteiger partial charge in [-0.3, -0.25) is 0 Å². The zero-order valence-electron chi connectivity index (χ0n) is 11.0. The Kier molecular flexibility index (Phi) is 5.20. The van der Waals surface area contributed by atoms with Crippen molar-refractivity contribution < 1.29 is 25.5 Å². The van der Waals surface area contributed by atoms with Crippen molar-refractivity contribution in [3.8, 4) is 0 Å². The summed E-state index contributed by atoms with van der Waals surface area (Å²) < 4.78 is 0.355. The van der Waals surface area contributed by atoms with Gasteiger partial charge in [0, 0.05) is 5.69 Å². The first kappa shape index (κ1) is 16.6. The van der Waals surface area contributed by atoms with E-state index in [9.17, 15) is 20.4 Å². The van der Waals surface area contributed by atoms with Crippen LogP contribution in [-0.2, 0) is 0 Å². The van der Waals surface area contributed by atoms with Crippen molar-refractivity contribution in [3.05, 3.63) is 30.3 Å². The third-order valence-corrected chi connectivity index (χ3v) is 4.89. The maximum Gasteiger partial charge on any atom is 0.163 e. The number of aliphatic hydroxyl groups is 5. The fourth-order valence-electron chi connectivity index (χ4n) is 2.07. The zero-order chi connectivity index (χ0) is 15.6. The van der Waals surface area contributed by atoms with Crippen molar-refractivity contribution in [2.24, 2.45) is 0 Å². The van der Waals surface area contributed by atoms with Crippen LogP contribution in [0.4, 0.5) is 5.69 Å². The third-order valence-electron chi connectivity index (χ3n) is 3.30. The Bertz CT molecular complexity index is 503. The number of benzene rings is 1. The van der Waals surface area contributed by atoms with Gasteiger partial charge in [0.1, 0.15) is 22.6 Å². The van der Waals surface area contributed by atoms with E-state index in [1.54, 1.807) is 4.90 Å². The number of thiocarbonyl (C=S) groups is 1. The SMILES string of the molecule is OCC(O)C(O)C(O)C1(O)CN(c2ccccc2)C(=S)S1. The van der Waals surface area contributed by atoms with Crippen LogP contribution in [-0.4, -0.2) is 66.2 Å². The van der Waals surface area contributed by atoms with E-state index in [0.29, 0.717) is 4.32 Å². The van der Waals surface area contributed by atoms with E-state index in [0.717, 1.165) is 17.4 Å². The highest BCUT2D eigenvalue weighted by molar-refractivity contribution is 8.24. The number of para-hydroxylation sites is 1. The van der Waals surface area contributed by atoms with Crippen LogP contribution in [0.15, 0.2) is 30.3 Å². The molecule has 0 saturated carbocycles. The molecule has 5 N–H and O–H groups in total. The topological polar surface area (TPSA) is 104 Å². The van der Waals surface area contributed by atoms with E-state index in [1.165, 1.54) is 0 Å². The second kappa shape index (κ2) is 6.57. The summed E-state index contributed by atoms with van der Waals surface area (Å²) in [5.41, 5.74) is 0.760. The van der Waals surface area contributed by atoms with Crippen molar-refractivity contribution in [3.63, 3.8) is 0 Å². The molecule has 1 aromatic rings. The molecule has 1 fully saturated rings. The molecular formula is C13H17NO5S2. The molecule has 2 rings (SSSR count). The summed E-state index contributed by atoms with van der Waals surface area (Å²) in [5, 5.41) is 48.6. The molecule has 1 aliphatic heterocycles. The van der Waals surface area contributed by atoms with Gasteiger partial charge in [0.05, 0.1) is 13.2 Å². The first-order valence-corrected chi connectivity index (χ1v) is 7.54. The highest BCUT2D eigenvalue weighted by atomic mass is 32.2. The first-order chi connectivity index (χ1) is 9.89. The molecule has 1 aromatic carbocycles. The maximum absolute atomic E-state index is 10.5. The molecule has 1 heterocycles. The number of hydrogen-bond acceptors (Lipinski definition) is 7. The van der Waals surface area contributed by atoms with E-state index in [-0.39, 0.29) is 6.54 Å². The van der Waals surface area contributed by atoms with Gasteiger partial charge in [-0.2, -0.15) is 0 Å². The molecule has 8 heteroatoms. The minimum Gasteiger partial charge on any atom is -0.394 e. The Morgan fingerprint density at radius 1 is 1.24 bits per heavy atom. The molecule has 1 aliphatic rings. The van der Waals surface area contributed by atoms with Crippen molar-refractivity contribution >= 4 is 34.0 Å². The second-order valence-corrected chi connectivity index (χ2v) is 6.76.